The second-order valence-corrected chi connectivity index (χ2v) is 10.1. The van der Waals surface area contributed by atoms with Crippen molar-refractivity contribution >= 4 is 17.6 Å². The van der Waals surface area contributed by atoms with Crippen molar-refractivity contribution in [1.82, 2.24) is 4.98 Å². The normalized spacial score (nSPS) is 16.7. The lowest BCUT2D eigenvalue weighted by molar-refractivity contribution is -0.138. The van der Waals surface area contributed by atoms with Gasteiger partial charge >= 0.3 is 18.4 Å². The molecule has 0 spiro atoms. The number of nitriles is 1. The summed E-state index contributed by atoms with van der Waals surface area (Å²) in [7, 11) is 1.47. The Labute approximate surface area is 248 Å². The molecule has 2 heterocycles. The number of benzene rings is 2. The first-order valence-electron chi connectivity index (χ1n) is 13.5. The van der Waals surface area contributed by atoms with Gasteiger partial charge in [0.1, 0.15) is 18.2 Å². The van der Waals surface area contributed by atoms with E-state index in [0.29, 0.717) is 12.0 Å². The largest absolute Gasteiger partial charge is 0.490 e. The van der Waals surface area contributed by atoms with E-state index < -0.39 is 41.7 Å². The number of amides is 1. The van der Waals surface area contributed by atoms with Gasteiger partial charge < -0.3 is 19.9 Å². The van der Waals surface area contributed by atoms with Crippen LogP contribution in [0.25, 0.3) is 0 Å². The molecule has 1 aliphatic heterocycles. The van der Waals surface area contributed by atoms with Crippen molar-refractivity contribution in [3.05, 3.63) is 82.0 Å². The molecule has 1 aliphatic rings. The van der Waals surface area contributed by atoms with Crippen molar-refractivity contribution in [2.24, 2.45) is 0 Å². The predicted octanol–water partition coefficient (Wildman–Crippen LogP) is 7.43. The third kappa shape index (κ3) is 7.34. The zero-order valence-corrected chi connectivity index (χ0v) is 23.6. The van der Waals surface area contributed by atoms with Crippen LogP contribution in [0, 0.1) is 11.3 Å². The third-order valence-electron chi connectivity index (χ3n) is 7.19. The maximum absolute atomic E-state index is 13.7. The first-order chi connectivity index (χ1) is 20.7. The van der Waals surface area contributed by atoms with Crippen molar-refractivity contribution in [1.29, 1.82) is 5.26 Å². The van der Waals surface area contributed by atoms with Crippen LogP contribution < -0.4 is 15.0 Å². The van der Waals surface area contributed by atoms with E-state index in [1.165, 1.54) is 25.4 Å². The monoisotopic (exact) mass is 622 g/mol. The quantitative estimate of drug-likeness (QED) is 0.189. The summed E-state index contributed by atoms with van der Waals surface area (Å²) in [6.07, 6.45) is -9.06. The first-order valence-corrected chi connectivity index (χ1v) is 13.5. The molecule has 1 amide bonds. The van der Waals surface area contributed by atoms with Gasteiger partial charge in [-0.25, -0.2) is 9.78 Å². The molecule has 0 bridgehead atoms. The van der Waals surface area contributed by atoms with Crippen molar-refractivity contribution in [3.63, 3.8) is 0 Å². The Morgan fingerprint density at radius 3 is 2.43 bits per heavy atom. The van der Waals surface area contributed by atoms with E-state index in [0.717, 1.165) is 35.2 Å². The Balaban J connectivity index is 1.80. The highest BCUT2D eigenvalue weighted by atomic mass is 19.4. The standard InChI is InChI=1S/C30H28F6N4O4/c1-3-22-14-25(24-13-20(29(31,32)33)4-5-26(24)40(22)28(41)42)39-27-19(12-23(16-38-27)44-7-6-43-2)9-17-8-18(15-37)11-21(10-17)30(34,35)36/h4-5,8,10-13,16,22,25H,3,6-7,9,14H2,1-2H3,(H,38,39)(H,41,42)/t22-,25+/m1/s1. The Morgan fingerprint density at radius 2 is 1.82 bits per heavy atom. The number of hydrogen-bond donors (Lipinski definition) is 2. The highest BCUT2D eigenvalue weighted by Crippen LogP contribution is 2.43. The van der Waals surface area contributed by atoms with Crippen molar-refractivity contribution in [2.75, 3.05) is 30.5 Å². The summed E-state index contributed by atoms with van der Waals surface area (Å²) in [4.78, 5) is 17.6. The first kappa shape index (κ1) is 32.4. The molecule has 0 radical (unpaired) electrons. The van der Waals surface area contributed by atoms with Gasteiger partial charge in [-0.15, -0.1) is 0 Å². The number of pyridine rings is 1. The van der Waals surface area contributed by atoms with Crippen molar-refractivity contribution < 1.29 is 45.7 Å². The maximum Gasteiger partial charge on any atom is 0.416 e. The van der Waals surface area contributed by atoms with Gasteiger partial charge in [-0.1, -0.05) is 6.92 Å². The average Bonchev–Trinajstić information content (AvgIpc) is 2.96. The smallest absolute Gasteiger partial charge is 0.416 e. The van der Waals surface area contributed by atoms with E-state index in [9.17, 15) is 41.5 Å². The summed E-state index contributed by atoms with van der Waals surface area (Å²) in [5.41, 5.74) is -1.55. The summed E-state index contributed by atoms with van der Waals surface area (Å²) in [6.45, 7) is 2.14. The predicted molar refractivity (Wildman–Crippen MR) is 148 cm³/mol. The molecule has 2 aromatic carbocycles. The highest BCUT2D eigenvalue weighted by Gasteiger charge is 2.39. The number of fused-ring (bicyclic) bond motifs is 1. The minimum absolute atomic E-state index is 0.0749. The molecule has 2 atom stereocenters. The molecule has 0 saturated heterocycles. The minimum atomic E-state index is -4.71. The van der Waals surface area contributed by atoms with Gasteiger partial charge in [-0.2, -0.15) is 31.6 Å². The SMILES string of the molecule is CC[C@@H]1C[C@H](Nc2ncc(OCCOC)cc2Cc2cc(C#N)cc(C(F)(F)F)c2)c2cc(C(F)(F)F)ccc2N1C(=O)O. The number of aromatic nitrogens is 1. The summed E-state index contributed by atoms with van der Waals surface area (Å²) < 4.78 is 92.4. The van der Waals surface area contributed by atoms with Gasteiger partial charge in [0.05, 0.1) is 47.3 Å². The number of anilines is 2. The van der Waals surface area contributed by atoms with Crippen LogP contribution in [0.3, 0.4) is 0 Å². The maximum atomic E-state index is 13.7. The lowest BCUT2D eigenvalue weighted by Gasteiger charge is -2.40. The Hall–Kier alpha value is -4.51. The Bertz CT molecular complexity index is 1550. The zero-order chi connectivity index (χ0) is 32.2. The number of hydrogen-bond acceptors (Lipinski definition) is 6. The van der Waals surface area contributed by atoms with Crippen LogP contribution in [0.5, 0.6) is 5.75 Å². The minimum Gasteiger partial charge on any atom is -0.490 e. The molecule has 0 saturated carbocycles. The van der Waals surface area contributed by atoms with Crippen LogP contribution in [-0.4, -0.2) is 42.5 Å². The average molecular weight is 623 g/mol. The van der Waals surface area contributed by atoms with Gasteiger partial charge in [-0.05, 0) is 66.4 Å². The van der Waals surface area contributed by atoms with E-state index in [-0.39, 0.29) is 60.0 Å². The summed E-state index contributed by atoms with van der Waals surface area (Å²) >= 11 is 0. The molecule has 4 rings (SSSR count). The van der Waals surface area contributed by atoms with E-state index in [2.05, 4.69) is 10.3 Å². The van der Waals surface area contributed by atoms with E-state index in [4.69, 9.17) is 9.47 Å². The highest BCUT2D eigenvalue weighted by molar-refractivity contribution is 5.89. The summed E-state index contributed by atoms with van der Waals surface area (Å²) in [5.74, 6) is 0.411. The van der Waals surface area contributed by atoms with Gasteiger partial charge in [0.2, 0.25) is 0 Å². The number of carboxylic acid groups (broad SMARTS) is 1. The lowest BCUT2D eigenvalue weighted by atomic mass is 9.88. The van der Waals surface area contributed by atoms with Crippen molar-refractivity contribution in [2.45, 2.75) is 50.6 Å². The fraction of sp³-hybridized carbons (Fsp3) is 0.367. The van der Waals surface area contributed by atoms with Gasteiger partial charge in [0, 0.05) is 25.1 Å². The number of methoxy groups -OCH3 is 1. The molecular formula is C30H28F6N4O4. The third-order valence-corrected chi connectivity index (χ3v) is 7.19. The fourth-order valence-electron chi connectivity index (χ4n) is 5.16. The molecule has 3 aromatic rings. The lowest BCUT2D eigenvalue weighted by Crippen LogP contribution is -2.45. The number of ether oxygens (including phenoxy) is 2. The van der Waals surface area contributed by atoms with E-state index in [1.54, 1.807) is 13.0 Å². The zero-order valence-electron chi connectivity index (χ0n) is 23.6. The molecule has 234 valence electrons. The van der Waals surface area contributed by atoms with E-state index >= 15 is 0 Å². The number of carbonyl (C=O) groups is 1. The molecule has 14 heteroatoms. The molecule has 0 fully saturated rings. The van der Waals surface area contributed by atoms with Crippen LogP contribution in [0.4, 0.5) is 42.6 Å². The molecular weight excluding hydrogens is 594 g/mol. The number of alkyl halides is 6. The molecule has 8 nitrogen and oxygen atoms in total. The number of nitrogens with zero attached hydrogens (tertiary/aromatic N) is 3. The second-order valence-electron chi connectivity index (χ2n) is 10.1. The second kappa shape index (κ2) is 13.0. The van der Waals surface area contributed by atoms with Crippen LogP contribution in [0.2, 0.25) is 0 Å². The summed E-state index contributed by atoms with van der Waals surface area (Å²) in [6, 6.07) is 7.63. The molecule has 1 aromatic heterocycles. The molecule has 2 N–H and O–H groups in total. The summed E-state index contributed by atoms with van der Waals surface area (Å²) in [5, 5.41) is 22.4. The van der Waals surface area contributed by atoms with Crippen LogP contribution in [0.1, 0.15) is 59.2 Å². The van der Waals surface area contributed by atoms with Crippen LogP contribution in [0.15, 0.2) is 48.7 Å². The van der Waals surface area contributed by atoms with Gasteiger partial charge in [0.25, 0.3) is 0 Å². The van der Waals surface area contributed by atoms with E-state index in [1.807, 2.05) is 0 Å². The molecule has 44 heavy (non-hydrogen) atoms. The van der Waals surface area contributed by atoms with Gasteiger partial charge in [0.15, 0.2) is 0 Å². The number of rotatable bonds is 9. The molecule has 0 aliphatic carbocycles. The topological polar surface area (TPSA) is 108 Å². The van der Waals surface area contributed by atoms with Gasteiger partial charge in [-0.3, -0.25) is 4.90 Å². The number of nitrogens with one attached hydrogen (secondary N) is 1. The Kier molecular flexibility index (Phi) is 9.58. The van der Waals surface area contributed by atoms with Crippen LogP contribution >= 0.6 is 0 Å². The fourth-order valence-corrected chi connectivity index (χ4v) is 5.16. The number of halogens is 6. The van der Waals surface area contributed by atoms with Crippen molar-refractivity contribution in [3.8, 4) is 11.8 Å². The van der Waals surface area contributed by atoms with Crippen LogP contribution in [-0.2, 0) is 23.5 Å². The molecule has 0 unspecified atom stereocenters. The Morgan fingerprint density at radius 1 is 1.09 bits per heavy atom.